The molecule has 1 fully saturated rings. The van der Waals surface area contributed by atoms with E-state index in [1.54, 1.807) is 24.7 Å². The van der Waals surface area contributed by atoms with Crippen molar-refractivity contribution in [1.82, 2.24) is 15.1 Å². The van der Waals surface area contributed by atoms with Crippen molar-refractivity contribution in [3.8, 4) is 0 Å². The molecule has 2 rings (SSSR count). The number of hydrogen-bond donors (Lipinski definition) is 2. The second-order valence-electron chi connectivity index (χ2n) is 5.33. The molecule has 0 aromatic carbocycles. The largest absolute Gasteiger partial charge is 0.385 e. The van der Waals surface area contributed by atoms with Gasteiger partial charge in [0.1, 0.15) is 10.8 Å². The van der Waals surface area contributed by atoms with Gasteiger partial charge in [-0.3, -0.25) is 9.48 Å². The third-order valence-electron chi connectivity index (χ3n) is 3.83. The van der Waals surface area contributed by atoms with Gasteiger partial charge < -0.3 is 15.2 Å². The van der Waals surface area contributed by atoms with Crippen LogP contribution in [-0.2, 0) is 16.6 Å². The van der Waals surface area contributed by atoms with E-state index in [4.69, 9.17) is 16.3 Å². The van der Waals surface area contributed by atoms with Crippen LogP contribution < -0.4 is 5.32 Å². The number of rotatable bonds is 4. The van der Waals surface area contributed by atoms with Crippen LogP contribution in [0.15, 0.2) is 6.08 Å². The van der Waals surface area contributed by atoms with Crippen LogP contribution in [0.25, 0.3) is 6.08 Å². The first-order valence-electron chi connectivity index (χ1n) is 6.82. The molecule has 0 aliphatic carbocycles. The lowest BCUT2D eigenvalue weighted by Crippen LogP contribution is -2.47. The second kappa shape index (κ2) is 6.17. The Kier molecular flexibility index (Phi) is 4.70. The number of nitrogens with one attached hydrogen (secondary N) is 1. The lowest BCUT2D eigenvalue weighted by molar-refractivity contribution is -0.118. The molecule has 1 aliphatic rings. The number of aryl methyl sites for hydroxylation is 2. The number of hydrogen-bond acceptors (Lipinski definition) is 4. The molecule has 2 N–H and O–H groups in total. The van der Waals surface area contributed by atoms with Crippen molar-refractivity contribution >= 4 is 23.6 Å². The van der Waals surface area contributed by atoms with Crippen LogP contribution in [0, 0.1) is 6.92 Å². The predicted octanol–water partition coefficient (Wildman–Crippen LogP) is 1.05. The molecule has 6 nitrogen and oxygen atoms in total. The van der Waals surface area contributed by atoms with Crippen molar-refractivity contribution in [1.29, 1.82) is 0 Å². The average molecular weight is 314 g/mol. The van der Waals surface area contributed by atoms with Gasteiger partial charge in [-0.25, -0.2) is 0 Å². The van der Waals surface area contributed by atoms with E-state index in [0.29, 0.717) is 23.7 Å². The molecule has 1 aromatic rings. The number of ether oxygens (including phenoxy) is 1. The Morgan fingerprint density at radius 2 is 2.43 bits per heavy atom. The summed E-state index contributed by atoms with van der Waals surface area (Å²) >= 11 is 6.08. The summed E-state index contributed by atoms with van der Waals surface area (Å²) in [5.74, 6) is -0.290. The third kappa shape index (κ3) is 3.45. The zero-order valence-corrected chi connectivity index (χ0v) is 13.1. The van der Waals surface area contributed by atoms with E-state index in [1.165, 1.54) is 6.08 Å². The summed E-state index contributed by atoms with van der Waals surface area (Å²) in [6, 6.07) is 0. The fourth-order valence-electron chi connectivity index (χ4n) is 2.30. The molecule has 1 aliphatic heterocycles. The quantitative estimate of drug-likeness (QED) is 0.815. The highest BCUT2D eigenvalue weighted by Gasteiger charge is 2.39. The lowest BCUT2D eigenvalue weighted by atomic mass is 9.97. The van der Waals surface area contributed by atoms with Crippen LogP contribution in [0.2, 0.25) is 5.15 Å². The first-order valence-corrected chi connectivity index (χ1v) is 7.20. The Morgan fingerprint density at radius 3 is 2.95 bits per heavy atom. The van der Waals surface area contributed by atoms with E-state index in [9.17, 15) is 9.90 Å². The van der Waals surface area contributed by atoms with Crippen LogP contribution in [0.1, 0.15) is 24.6 Å². The summed E-state index contributed by atoms with van der Waals surface area (Å²) in [5, 5.41) is 17.6. The van der Waals surface area contributed by atoms with Crippen molar-refractivity contribution < 1.29 is 14.6 Å². The summed E-state index contributed by atoms with van der Waals surface area (Å²) < 4.78 is 6.87. The van der Waals surface area contributed by atoms with Gasteiger partial charge in [-0.2, -0.15) is 5.10 Å². The van der Waals surface area contributed by atoms with Crippen LogP contribution in [0.4, 0.5) is 0 Å². The monoisotopic (exact) mass is 313 g/mol. The van der Waals surface area contributed by atoms with Gasteiger partial charge in [0.25, 0.3) is 0 Å². The summed E-state index contributed by atoms with van der Waals surface area (Å²) in [6.45, 7) is 4.29. The zero-order valence-electron chi connectivity index (χ0n) is 12.4. The van der Waals surface area contributed by atoms with Gasteiger partial charge >= 0.3 is 0 Å². The normalized spacial score (nSPS) is 25.7. The van der Waals surface area contributed by atoms with Crippen LogP contribution >= 0.6 is 11.6 Å². The number of carbonyl (C=O) groups is 1. The molecule has 0 spiro atoms. The van der Waals surface area contributed by atoms with E-state index in [0.717, 1.165) is 5.69 Å². The summed E-state index contributed by atoms with van der Waals surface area (Å²) in [4.78, 5) is 11.8. The molecule has 1 saturated heterocycles. The smallest absolute Gasteiger partial charge is 0.244 e. The van der Waals surface area contributed by atoms with Crippen molar-refractivity contribution in [2.45, 2.75) is 32.0 Å². The molecule has 2 heterocycles. The van der Waals surface area contributed by atoms with Gasteiger partial charge in [-0.05, 0) is 19.9 Å². The second-order valence-corrected chi connectivity index (χ2v) is 5.69. The van der Waals surface area contributed by atoms with E-state index >= 15 is 0 Å². The summed E-state index contributed by atoms with van der Waals surface area (Å²) in [7, 11) is 1.74. The highest BCUT2D eigenvalue weighted by molar-refractivity contribution is 6.31. The maximum Gasteiger partial charge on any atom is 0.244 e. The molecular weight excluding hydrogens is 294 g/mol. The van der Waals surface area contributed by atoms with Crippen molar-refractivity contribution in [2.24, 2.45) is 7.05 Å². The molecule has 1 amide bonds. The fraction of sp³-hybridized carbons (Fsp3) is 0.571. The standard InChI is InChI=1S/C14H20ClN3O3/c1-9-11(13(15)18(3)17-9)4-5-12(19)16-8-14(20)6-7-21-10(14)2/h4-5,10,20H,6-8H2,1-3H3,(H,16,19)/b5-4+. The topological polar surface area (TPSA) is 76.4 Å². The van der Waals surface area contributed by atoms with Crippen LogP contribution in [0.3, 0.4) is 0 Å². The molecule has 7 heteroatoms. The zero-order chi connectivity index (χ0) is 15.6. The molecule has 2 atom stereocenters. The Hall–Kier alpha value is -1.37. The molecule has 0 saturated carbocycles. The molecule has 1 aromatic heterocycles. The fourth-order valence-corrected chi connectivity index (χ4v) is 2.53. The number of halogens is 1. The predicted molar refractivity (Wildman–Crippen MR) is 80.0 cm³/mol. The van der Waals surface area contributed by atoms with Crippen molar-refractivity contribution in [3.63, 3.8) is 0 Å². The maximum absolute atomic E-state index is 11.8. The molecule has 116 valence electrons. The van der Waals surface area contributed by atoms with E-state index in [2.05, 4.69) is 10.4 Å². The Morgan fingerprint density at radius 1 is 1.71 bits per heavy atom. The molecule has 21 heavy (non-hydrogen) atoms. The summed E-state index contributed by atoms with van der Waals surface area (Å²) in [6.07, 6.45) is 3.25. The molecule has 2 unspecified atom stereocenters. The number of aromatic nitrogens is 2. The maximum atomic E-state index is 11.8. The Balaban J connectivity index is 1.94. The van der Waals surface area contributed by atoms with Gasteiger partial charge in [0.05, 0.1) is 11.8 Å². The van der Waals surface area contributed by atoms with E-state index in [-0.39, 0.29) is 18.6 Å². The van der Waals surface area contributed by atoms with Gasteiger partial charge in [0.2, 0.25) is 5.91 Å². The number of aliphatic hydroxyl groups is 1. The minimum absolute atomic E-state index is 0.164. The average Bonchev–Trinajstić information content (AvgIpc) is 2.88. The lowest BCUT2D eigenvalue weighted by Gasteiger charge is -2.25. The first kappa shape index (κ1) is 16.0. The summed E-state index contributed by atoms with van der Waals surface area (Å²) in [5.41, 5.74) is 0.472. The van der Waals surface area contributed by atoms with E-state index in [1.807, 2.05) is 6.92 Å². The number of amides is 1. The first-order chi connectivity index (χ1) is 9.83. The van der Waals surface area contributed by atoms with Gasteiger partial charge in [0.15, 0.2) is 0 Å². The Bertz CT molecular complexity index is 570. The van der Waals surface area contributed by atoms with E-state index < -0.39 is 5.60 Å². The minimum atomic E-state index is -0.995. The molecule has 0 bridgehead atoms. The van der Waals surface area contributed by atoms with Gasteiger partial charge in [0, 0.05) is 38.3 Å². The minimum Gasteiger partial charge on any atom is -0.385 e. The molecular formula is C14H20ClN3O3. The SMILES string of the molecule is Cc1nn(C)c(Cl)c1/C=C/C(=O)NCC1(O)CCOC1C. The third-order valence-corrected chi connectivity index (χ3v) is 4.27. The number of carbonyl (C=O) groups excluding carboxylic acids is 1. The van der Waals surface area contributed by atoms with Crippen LogP contribution in [0.5, 0.6) is 0 Å². The van der Waals surface area contributed by atoms with Crippen molar-refractivity contribution in [2.75, 3.05) is 13.2 Å². The highest BCUT2D eigenvalue weighted by Crippen LogP contribution is 2.24. The van der Waals surface area contributed by atoms with Gasteiger partial charge in [-0.1, -0.05) is 11.6 Å². The Labute approximate surface area is 128 Å². The highest BCUT2D eigenvalue weighted by atomic mass is 35.5. The number of nitrogens with zero attached hydrogens (tertiary/aromatic N) is 2. The van der Waals surface area contributed by atoms with Crippen LogP contribution in [-0.4, -0.2) is 45.7 Å². The van der Waals surface area contributed by atoms with Crippen molar-refractivity contribution in [3.05, 3.63) is 22.5 Å². The van der Waals surface area contributed by atoms with Gasteiger partial charge in [-0.15, -0.1) is 0 Å². The molecule has 0 radical (unpaired) electrons.